The van der Waals surface area contributed by atoms with Crippen LogP contribution < -0.4 is 5.32 Å². The molecule has 0 unspecified atom stereocenters. The minimum Gasteiger partial charge on any atom is -0.444 e. The first-order chi connectivity index (χ1) is 12.0. The van der Waals surface area contributed by atoms with Gasteiger partial charge in [-0.1, -0.05) is 38.1 Å². The third kappa shape index (κ3) is 3.92. The topological polar surface area (TPSA) is 89.5 Å². The van der Waals surface area contributed by atoms with Crippen LogP contribution in [0.4, 0.5) is 4.79 Å². The molecule has 3 atom stereocenters. The molecule has 0 spiro atoms. The van der Waals surface area contributed by atoms with Crippen LogP contribution in [0.1, 0.15) is 51.7 Å². The van der Waals surface area contributed by atoms with Gasteiger partial charge in [0.05, 0.1) is 0 Å². The summed E-state index contributed by atoms with van der Waals surface area (Å²) in [6, 6.07) is 7.46. The van der Waals surface area contributed by atoms with E-state index in [4.69, 9.17) is 4.74 Å². The zero-order valence-electron chi connectivity index (χ0n) is 15.9. The second kappa shape index (κ2) is 7.02. The van der Waals surface area contributed by atoms with E-state index in [0.29, 0.717) is 11.8 Å². The van der Waals surface area contributed by atoms with Gasteiger partial charge in [0.2, 0.25) is 0 Å². The summed E-state index contributed by atoms with van der Waals surface area (Å²) in [6.45, 7) is 8.67. The molecule has 0 bridgehead atoms. The maximum Gasteiger partial charge on any atom is 0.408 e. The van der Waals surface area contributed by atoms with Crippen LogP contribution in [-0.2, 0) is 25.8 Å². The van der Waals surface area contributed by atoms with Gasteiger partial charge in [0, 0.05) is 11.7 Å². The van der Waals surface area contributed by atoms with Gasteiger partial charge in [-0.05, 0) is 38.3 Å². The molecule has 1 aromatic rings. The monoisotopic (exact) mass is 381 g/mol. The normalized spacial score (nSPS) is 25.4. The van der Waals surface area contributed by atoms with E-state index in [1.54, 1.807) is 20.8 Å². The summed E-state index contributed by atoms with van der Waals surface area (Å²) in [7, 11) is -3.55. The number of carbonyl (C=O) groups is 2. The molecule has 1 aliphatic rings. The molecule has 1 aliphatic carbocycles. The predicted molar refractivity (Wildman–Crippen MR) is 100.0 cm³/mol. The number of rotatable bonds is 6. The highest BCUT2D eigenvalue weighted by Crippen LogP contribution is 2.55. The Labute approximate surface area is 155 Å². The van der Waals surface area contributed by atoms with Crippen molar-refractivity contribution in [2.75, 3.05) is 5.75 Å². The molecule has 1 aromatic carbocycles. The molecule has 1 N–H and O–H groups in total. The summed E-state index contributed by atoms with van der Waals surface area (Å²) >= 11 is 0. The number of hydrogen-bond donors (Lipinski definition) is 1. The lowest BCUT2D eigenvalue weighted by molar-refractivity contribution is -0.110. The summed E-state index contributed by atoms with van der Waals surface area (Å²) in [5, 5.41) is 1.54. The van der Waals surface area contributed by atoms with Crippen molar-refractivity contribution in [3.8, 4) is 0 Å². The molecule has 1 amide bonds. The highest BCUT2D eigenvalue weighted by molar-refractivity contribution is 7.92. The van der Waals surface area contributed by atoms with Crippen LogP contribution in [-0.4, -0.2) is 42.9 Å². The van der Waals surface area contributed by atoms with Gasteiger partial charge in [-0.25, -0.2) is 13.2 Å². The summed E-state index contributed by atoms with van der Waals surface area (Å²) in [5.41, 5.74) is -0.417. The Hall–Kier alpha value is -1.89. The molecule has 144 valence electrons. The summed E-state index contributed by atoms with van der Waals surface area (Å²) in [4.78, 5) is 24.2. The average Bonchev–Trinajstić information content (AvgIpc) is 3.22. The lowest BCUT2D eigenvalue weighted by Crippen LogP contribution is -2.45. The van der Waals surface area contributed by atoms with Crippen molar-refractivity contribution in [3.63, 3.8) is 0 Å². The number of amides is 1. The molecule has 7 heteroatoms. The Morgan fingerprint density at radius 2 is 1.81 bits per heavy atom. The van der Waals surface area contributed by atoms with E-state index in [1.165, 1.54) is 6.92 Å². The molecule has 0 aliphatic heterocycles. The second-order valence-corrected chi connectivity index (χ2v) is 10.0. The van der Waals surface area contributed by atoms with E-state index >= 15 is 0 Å². The van der Waals surface area contributed by atoms with Crippen LogP contribution in [0.2, 0.25) is 0 Å². The number of hydrogen-bond acceptors (Lipinski definition) is 5. The van der Waals surface area contributed by atoms with Gasteiger partial charge in [-0.3, -0.25) is 0 Å². The molecule has 2 rings (SSSR count). The van der Waals surface area contributed by atoms with Gasteiger partial charge in [0.1, 0.15) is 22.7 Å². The largest absolute Gasteiger partial charge is 0.444 e. The standard InChI is InChI=1S/C19H27NO5S/c1-6-13-8-10-14(11-9-13)15-16(26(23,24)7-2)19(15,12-21)20-17(22)25-18(3,4)5/h8-12,15-16H,6-7H2,1-5H3,(H,20,22)/t15-,16-,19+/m1/s1. The first kappa shape index (κ1) is 20.4. The number of carbonyl (C=O) groups excluding carboxylic acids is 2. The Morgan fingerprint density at radius 3 is 2.23 bits per heavy atom. The van der Waals surface area contributed by atoms with Crippen molar-refractivity contribution in [2.24, 2.45) is 0 Å². The first-order valence-corrected chi connectivity index (χ1v) is 10.5. The summed E-state index contributed by atoms with van der Waals surface area (Å²) in [5.74, 6) is -0.726. The fraction of sp³-hybridized carbons (Fsp3) is 0.579. The zero-order chi connectivity index (χ0) is 19.8. The van der Waals surface area contributed by atoms with Crippen LogP contribution in [0.3, 0.4) is 0 Å². The van der Waals surface area contributed by atoms with Crippen molar-refractivity contribution < 1.29 is 22.7 Å². The van der Waals surface area contributed by atoms with Crippen LogP contribution in [0.15, 0.2) is 24.3 Å². The number of benzene rings is 1. The Morgan fingerprint density at radius 1 is 1.23 bits per heavy atom. The van der Waals surface area contributed by atoms with E-state index in [0.717, 1.165) is 12.0 Å². The zero-order valence-corrected chi connectivity index (χ0v) is 16.7. The molecular weight excluding hydrogens is 354 g/mol. The maximum atomic E-state index is 12.6. The minimum atomic E-state index is -3.55. The molecule has 0 radical (unpaired) electrons. The third-order valence-corrected chi connectivity index (χ3v) is 6.87. The molecule has 1 fully saturated rings. The lowest BCUT2D eigenvalue weighted by atomic mass is 10.0. The minimum absolute atomic E-state index is 0.104. The molecule has 6 nitrogen and oxygen atoms in total. The average molecular weight is 381 g/mol. The van der Waals surface area contributed by atoms with Gasteiger partial charge >= 0.3 is 6.09 Å². The van der Waals surface area contributed by atoms with Gasteiger partial charge in [-0.2, -0.15) is 0 Å². The van der Waals surface area contributed by atoms with Gasteiger partial charge in [-0.15, -0.1) is 0 Å². The van der Waals surface area contributed by atoms with Crippen molar-refractivity contribution in [3.05, 3.63) is 35.4 Å². The van der Waals surface area contributed by atoms with E-state index in [-0.39, 0.29) is 5.75 Å². The fourth-order valence-corrected chi connectivity index (χ4v) is 5.20. The number of aryl methyl sites for hydroxylation is 1. The van der Waals surface area contributed by atoms with Crippen molar-refractivity contribution in [1.29, 1.82) is 0 Å². The smallest absolute Gasteiger partial charge is 0.408 e. The van der Waals surface area contributed by atoms with Gasteiger partial charge in [0.15, 0.2) is 9.84 Å². The summed E-state index contributed by atoms with van der Waals surface area (Å²) < 4.78 is 30.3. The van der Waals surface area contributed by atoms with E-state index in [9.17, 15) is 18.0 Å². The van der Waals surface area contributed by atoms with Crippen LogP contribution in [0.25, 0.3) is 0 Å². The predicted octanol–water partition coefficient (Wildman–Crippen LogP) is 2.61. The first-order valence-electron chi connectivity index (χ1n) is 8.78. The molecule has 0 heterocycles. The third-order valence-electron chi connectivity index (χ3n) is 4.63. The number of alkyl carbamates (subject to hydrolysis) is 1. The second-order valence-electron chi connectivity index (χ2n) is 7.62. The van der Waals surface area contributed by atoms with Crippen LogP contribution >= 0.6 is 0 Å². The molecule has 0 saturated heterocycles. The van der Waals surface area contributed by atoms with Gasteiger partial charge in [0.25, 0.3) is 0 Å². The molecular formula is C19H27NO5S. The molecule has 26 heavy (non-hydrogen) atoms. The summed E-state index contributed by atoms with van der Waals surface area (Å²) in [6.07, 6.45) is 0.595. The highest BCUT2D eigenvalue weighted by Gasteiger charge is 2.72. The Balaban J connectivity index is 2.39. The molecule has 1 saturated carbocycles. The van der Waals surface area contributed by atoms with E-state index in [2.05, 4.69) is 5.32 Å². The Kier molecular flexibility index (Phi) is 5.52. The quantitative estimate of drug-likeness (QED) is 0.765. The van der Waals surface area contributed by atoms with Crippen LogP contribution in [0.5, 0.6) is 0 Å². The maximum absolute atomic E-state index is 12.6. The van der Waals surface area contributed by atoms with Crippen molar-refractivity contribution in [2.45, 2.75) is 63.3 Å². The number of aldehydes is 1. The van der Waals surface area contributed by atoms with Gasteiger partial charge < -0.3 is 14.8 Å². The number of ether oxygens (including phenoxy) is 1. The van der Waals surface area contributed by atoms with Crippen molar-refractivity contribution in [1.82, 2.24) is 5.32 Å². The van der Waals surface area contributed by atoms with Crippen molar-refractivity contribution >= 4 is 22.2 Å². The number of sulfone groups is 1. The number of nitrogens with one attached hydrogen (secondary N) is 1. The SMILES string of the molecule is CCc1ccc([C@@H]2[C@@H](S(=O)(=O)CC)[C@@]2(C=O)NC(=O)OC(C)(C)C)cc1. The lowest BCUT2D eigenvalue weighted by Gasteiger charge is -2.22. The van der Waals surface area contributed by atoms with E-state index < -0.39 is 38.2 Å². The fourth-order valence-electron chi connectivity index (χ4n) is 3.27. The molecule has 0 aromatic heterocycles. The van der Waals surface area contributed by atoms with Crippen LogP contribution in [0, 0.1) is 0 Å². The Bertz CT molecular complexity index is 779. The highest BCUT2D eigenvalue weighted by atomic mass is 32.2. The van der Waals surface area contributed by atoms with E-state index in [1.807, 2.05) is 31.2 Å².